The SMILES string of the molecule is CC(Oc1ccc2c(c1)C(c1ccccc1)N(C(=O)c1cccs1)CC2)C(=O)NCc1ccc(F)cc1. The van der Waals surface area contributed by atoms with Crippen LogP contribution in [0.1, 0.15) is 44.9 Å². The zero-order chi connectivity index (χ0) is 25.8. The fourth-order valence-corrected chi connectivity index (χ4v) is 5.29. The number of amides is 2. The van der Waals surface area contributed by atoms with Gasteiger partial charge in [-0.3, -0.25) is 9.59 Å². The Hall–Kier alpha value is -3.97. The molecular formula is C30H27FN2O3S. The van der Waals surface area contributed by atoms with Gasteiger partial charge in [0, 0.05) is 13.1 Å². The van der Waals surface area contributed by atoms with E-state index < -0.39 is 6.10 Å². The lowest BCUT2D eigenvalue weighted by Gasteiger charge is -2.38. The number of ether oxygens (including phenoxy) is 1. The summed E-state index contributed by atoms with van der Waals surface area (Å²) in [5.74, 6) is -0.0105. The Morgan fingerprint density at radius 2 is 1.84 bits per heavy atom. The highest BCUT2D eigenvalue weighted by atomic mass is 32.1. The van der Waals surface area contributed by atoms with Crippen molar-refractivity contribution in [2.75, 3.05) is 6.54 Å². The molecule has 2 unspecified atom stereocenters. The highest BCUT2D eigenvalue weighted by molar-refractivity contribution is 7.12. The Bertz CT molecular complexity index is 1370. The third-order valence-electron chi connectivity index (χ3n) is 6.52. The lowest BCUT2D eigenvalue weighted by molar-refractivity contribution is -0.127. The maximum atomic E-state index is 13.4. The van der Waals surface area contributed by atoms with Gasteiger partial charge in [0.2, 0.25) is 0 Å². The molecule has 0 bridgehead atoms. The molecule has 0 spiro atoms. The molecule has 0 saturated heterocycles. The van der Waals surface area contributed by atoms with Crippen LogP contribution in [0.4, 0.5) is 4.39 Å². The van der Waals surface area contributed by atoms with Crippen molar-refractivity contribution in [2.24, 2.45) is 0 Å². The summed E-state index contributed by atoms with van der Waals surface area (Å²) in [5.41, 5.74) is 3.98. The fraction of sp³-hybridized carbons (Fsp3) is 0.200. The van der Waals surface area contributed by atoms with Crippen molar-refractivity contribution in [3.8, 4) is 5.75 Å². The van der Waals surface area contributed by atoms with Gasteiger partial charge in [-0.1, -0.05) is 54.6 Å². The van der Waals surface area contributed by atoms with Crippen LogP contribution in [-0.4, -0.2) is 29.4 Å². The van der Waals surface area contributed by atoms with Crippen LogP contribution in [0, 0.1) is 5.82 Å². The summed E-state index contributed by atoms with van der Waals surface area (Å²) in [7, 11) is 0. The first kappa shape index (κ1) is 24.7. The van der Waals surface area contributed by atoms with Crippen LogP contribution in [0.3, 0.4) is 0 Å². The molecule has 5 nitrogen and oxygen atoms in total. The molecule has 5 rings (SSSR count). The summed E-state index contributed by atoms with van der Waals surface area (Å²) < 4.78 is 19.2. The summed E-state index contributed by atoms with van der Waals surface area (Å²) in [4.78, 5) is 28.8. The normalized spacial score (nSPS) is 15.5. The van der Waals surface area contributed by atoms with Crippen LogP contribution < -0.4 is 10.1 Å². The molecule has 4 aromatic rings. The molecule has 2 heterocycles. The van der Waals surface area contributed by atoms with Crippen molar-refractivity contribution >= 4 is 23.2 Å². The molecular weight excluding hydrogens is 487 g/mol. The minimum Gasteiger partial charge on any atom is -0.481 e. The van der Waals surface area contributed by atoms with Gasteiger partial charge in [0.15, 0.2) is 6.10 Å². The molecule has 0 aliphatic carbocycles. The van der Waals surface area contributed by atoms with E-state index in [1.165, 1.54) is 23.5 Å². The topological polar surface area (TPSA) is 58.6 Å². The number of fused-ring (bicyclic) bond motifs is 1. The fourth-order valence-electron chi connectivity index (χ4n) is 4.61. The molecule has 1 N–H and O–H groups in total. The number of hydrogen-bond donors (Lipinski definition) is 1. The van der Waals surface area contributed by atoms with E-state index in [0.29, 0.717) is 17.2 Å². The van der Waals surface area contributed by atoms with E-state index in [1.807, 2.05) is 70.9 Å². The number of nitrogens with one attached hydrogen (secondary N) is 1. The molecule has 7 heteroatoms. The van der Waals surface area contributed by atoms with Crippen LogP contribution in [0.25, 0.3) is 0 Å². The van der Waals surface area contributed by atoms with Gasteiger partial charge in [0.1, 0.15) is 11.6 Å². The third-order valence-corrected chi connectivity index (χ3v) is 7.37. The summed E-state index contributed by atoms with van der Waals surface area (Å²) >= 11 is 1.44. The third kappa shape index (κ3) is 5.57. The van der Waals surface area contributed by atoms with E-state index in [4.69, 9.17) is 4.74 Å². The number of benzene rings is 3. The van der Waals surface area contributed by atoms with Crippen LogP contribution >= 0.6 is 11.3 Å². The number of halogens is 1. The average Bonchev–Trinajstić information content (AvgIpc) is 3.47. The molecule has 1 aliphatic heterocycles. The highest BCUT2D eigenvalue weighted by Gasteiger charge is 2.33. The zero-order valence-electron chi connectivity index (χ0n) is 20.4. The van der Waals surface area contributed by atoms with Gasteiger partial charge >= 0.3 is 0 Å². The van der Waals surface area contributed by atoms with Crippen molar-refractivity contribution < 1.29 is 18.7 Å². The van der Waals surface area contributed by atoms with Crippen molar-refractivity contribution in [1.82, 2.24) is 10.2 Å². The van der Waals surface area contributed by atoms with E-state index in [9.17, 15) is 14.0 Å². The average molecular weight is 515 g/mol. The summed E-state index contributed by atoms with van der Waals surface area (Å²) in [6.07, 6.45) is 0.00478. The first-order chi connectivity index (χ1) is 18.0. The number of carbonyl (C=O) groups excluding carboxylic acids is 2. The summed E-state index contributed by atoms with van der Waals surface area (Å²) in [6.45, 7) is 2.60. The van der Waals surface area contributed by atoms with Crippen molar-refractivity contribution in [2.45, 2.75) is 32.0 Å². The highest BCUT2D eigenvalue weighted by Crippen LogP contribution is 2.38. The number of nitrogens with zero attached hydrogens (tertiary/aromatic N) is 1. The molecule has 3 aromatic carbocycles. The second kappa shape index (κ2) is 11.0. The van der Waals surface area contributed by atoms with Crippen molar-refractivity contribution in [3.05, 3.63) is 123 Å². The van der Waals surface area contributed by atoms with Crippen molar-refractivity contribution in [1.29, 1.82) is 0 Å². The van der Waals surface area contributed by atoms with Crippen LogP contribution in [0.5, 0.6) is 5.75 Å². The molecule has 1 aliphatic rings. The largest absolute Gasteiger partial charge is 0.481 e. The predicted octanol–water partition coefficient (Wildman–Crippen LogP) is 5.76. The Balaban J connectivity index is 1.36. The monoisotopic (exact) mass is 514 g/mol. The van der Waals surface area contributed by atoms with Gasteiger partial charge in [-0.2, -0.15) is 0 Å². The standard InChI is InChI=1S/C30H27FN2O3S/c1-20(29(34)32-19-21-9-12-24(31)13-10-21)36-25-14-11-22-15-16-33(30(35)27-8-5-17-37-27)28(26(22)18-25)23-6-3-2-4-7-23/h2-14,17-18,20,28H,15-16,19H2,1H3,(H,32,34). The second-order valence-electron chi connectivity index (χ2n) is 9.00. The number of rotatable bonds is 7. The van der Waals surface area contributed by atoms with Gasteiger partial charge < -0.3 is 15.0 Å². The van der Waals surface area contributed by atoms with Crippen LogP contribution in [0.2, 0.25) is 0 Å². The molecule has 0 radical (unpaired) electrons. The van der Waals surface area contributed by atoms with E-state index in [1.54, 1.807) is 19.1 Å². The van der Waals surface area contributed by atoms with Crippen molar-refractivity contribution in [3.63, 3.8) is 0 Å². The molecule has 2 amide bonds. The Labute approximate surface area is 219 Å². The zero-order valence-corrected chi connectivity index (χ0v) is 21.2. The molecule has 0 fully saturated rings. The maximum absolute atomic E-state index is 13.4. The van der Waals surface area contributed by atoms with E-state index in [2.05, 4.69) is 5.32 Å². The second-order valence-corrected chi connectivity index (χ2v) is 9.95. The predicted molar refractivity (Wildman–Crippen MR) is 142 cm³/mol. The Kier molecular flexibility index (Phi) is 7.32. The van der Waals surface area contributed by atoms with Gasteiger partial charge in [-0.05, 0) is 71.3 Å². The Morgan fingerprint density at radius 1 is 1.05 bits per heavy atom. The molecule has 0 saturated carbocycles. The number of thiophene rings is 1. The van der Waals surface area contributed by atoms with Gasteiger partial charge in [-0.25, -0.2) is 4.39 Å². The summed E-state index contributed by atoms with van der Waals surface area (Å²) in [6, 6.07) is 25.3. The van der Waals surface area contributed by atoms with Gasteiger partial charge in [-0.15, -0.1) is 11.3 Å². The van der Waals surface area contributed by atoms with Crippen LogP contribution in [-0.2, 0) is 17.8 Å². The first-order valence-corrected chi connectivity index (χ1v) is 13.1. The quantitative estimate of drug-likeness (QED) is 0.341. The molecule has 188 valence electrons. The number of carbonyl (C=O) groups is 2. The smallest absolute Gasteiger partial charge is 0.264 e. The minimum atomic E-state index is -0.735. The summed E-state index contributed by atoms with van der Waals surface area (Å²) in [5, 5.41) is 4.75. The van der Waals surface area contributed by atoms with E-state index >= 15 is 0 Å². The lowest BCUT2D eigenvalue weighted by atomic mass is 9.87. The Morgan fingerprint density at radius 3 is 2.57 bits per heavy atom. The molecule has 37 heavy (non-hydrogen) atoms. The van der Waals surface area contributed by atoms with Gasteiger partial charge in [0.05, 0.1) is 10.9 Å². The van der Waals surface area contributed by atoms with Crippen LogP contribution in [0.15, 0.2) is 90.3 Å². The molecule has 2 atom stereocenters. The maximum Gasteiger partial charge on any atom is 0.264 e. The molecule has 1 aromatic heterocycles. The number of hydrogen-bond acceptors (Lipinski definition) is 4. The lowest BCUT2D eigenvalue weighted by Crippen LogP contribution is -2.40. The van der Waals surface area contributed by atoms with Gasteiger partial charge in [0.25, 0.3) is 11.8 Å². The minimum absolute atomic E-state index is 0.00867. The van der Waals surface area contributed by atoms with E-state index in [0.717, 1.165) is 28.7 Å². The first-order valence-electron chi connectivity index (χ1n) is 12.2. The van der Waals surface area contributed by atoms with E-state index in [-0.39, 0.29) is 30.2 Å².